The van der Waals surface area contributed by atoms with E-state index in [-0.39, 0.29) is 0 Å². The van der Waals surface area contributed by atoms with Crippen molar-refractivity contribution in [2.24, 2.45) is 0 Å². The fraction of sp³-hybridized carbons (Fsp3) is 0.429. The third kappa shape index (κ3) is 6.99. The molecular weight excluding hydrogens is 342 g/mol. The van der Waals surface area contributed by atoms with E-state index in [4.69, 9.17) is 10.5 Å². The molecule has 0 amide bonds. The van der Waals surface area contributed by atoms with E-state index < -0.39 is 0 Å². The van der Waals surface area contributed by atoms with Gasteiger partial charge in [-0.15, -0.1) is 22.7 Å². The number of ether oxygens (including phenoxy) is 1. The molecule has 0 aliphatic carbocycles. The number of hydrogen-bond donors (Lipinski definition) is 1. The number of anilines is 1. The monoisotopic (exact) mass is 363 g/mol. The summed E-state index contributed by atoms with van der Waals surface area (Å²) >= 11 is 6.79. The molecule has 0 atom stereocenters. The van der Waals surface area contributed by atoms with E-state index in [2.05, 4.69) is 35.8 Å². The van der Waals surface area contributed by atoms with Crippen molar-refractivity contribution in [3.8, 4) is 5.75 Å². The summed E-state index contributed by atoms with van der Waals surface area (Å²) in [6.07, 6.45) is 1.15. The lowest BCUT2D eigenvalue weighted by Crippen LogP contribution is -1.78. The van der Waals surface area contributed by atoms with Crippen LogP contribution in [0.15, 0.2) is 21.3 Å². The Balaban J connectivity index is 0.000000303. The standard InChI is InChI=1S/C7H9BrS.C5H7NOS.C2H6/c1-3-6-4-5(2)7(8)9-6;1-7-4-2-5(6)8-3-4;1-2/h4H,3H2,1-2H3;2-3H,6H2,1H3;1-2H3. The lowest BCUT2D eigenvalue weighted by Gasteiger charge is -1.87. The zero-order valence-corrected chi connectivity index (χ0v) is 15.3. The third-order valence-corrected chi connectivity index (χ3v) is 5.11. The van der Waals surface area contributed by atoms with Crippen molar-refractivity contribution in [2.75, 3.05) is 12.8 Å². The maximum absolute atomic E-state index is 5.39. The molecule has 108 valence electrons. The number of aryl methyl sites for hydroxylation is 2. The predicted molar refractivity (Wildman–Crippen MR) is 92.8 cm³/mol. The zero-order chi connectivity index (χ0) is 14.8. The minimum absolute atomic E-state index is 0.793. The molecule has 0 saturated heterocycles. The van der Waals surface area contributed by atoms with Gasteiger partial charge in [0, 0.05) is 16.3 Å². The van der Waals surface area contributed by atoms with Gasteiger partial charge in [-0.1, -0.05) is 20.8 Å². The summed E-state index contributed by atoms with van der Waals surface area (Å²) in [7, 11) is 1.63. The second-order valence-corrected chi connectivity index (χ2v) is 6.81. The van der Waals surface area contributed by atoms with Gasteiger partial charge in [0.15, 0.2) is 0 Å². The van der Waals surface area contributed by atoms with Crippen LogP contribution in [0, 0.1) is 6.92 Å². The first kappa shape index (κ1) is 18.5. The number of nitrogens with two attached hydrogens (primary N) is 1. The molecule has 0 radical (unpaired) electrons. The highest BCUT2D eigenvalue weighted by molar-refractivity contribution is 9.11. The first-order chi connectivity index (χ1) is 9.06. The number of nitrogen functional groups attached to an aromatic ring is 1. The van der Waals surface area contributed by atoms with Gasteiger partial charge in [0.25, 0.3) is 0 Å². The number of halogens is 1. The van der Waals surface area contributed by atoms with Crippen LogP contribution in [0.4, 0.5) is 5.00 Å². The minimum Gasteiger partial charge on any atom is -0.496 e. The van der Waals surface area contributed by atoms with E-state index in [0.717, 1.165) is 17.2 Å². The normalized spacial score (nSPS) is 8.95. The average Bonchev–Trinajstić information content (AvgIpc) is 2.99. The molecule has 0 saturated carbocycles. The molecule has 0 unspecified atom stereocenters. The molecule has 2 N–H and O–H groups in total. The summed E-state index contributed by atoms with van der Waals surface area (Å²) in [6, 6.07) is 4.03. The molecule has 2 aromatic heterocycles. The summed E-state index contributed by atoms with van der Waals surface area (Å²) in [5, 5.41) is 2.66. The summed E-state index contributed by atoms with van der Waals surface area (Å²) in [5.41, 5.74) is 6.75. The van der Waals surface area contributed by atoms with Crippen molar-refractivity contribution in [2.45, 2.75) is 34.1 Å². The van der Waals surface area contributed by atoms with Crippen LogP contribution in [-0.4, -0.2) is 7.11 Å². The summed E-state index contributed by atoms with van der Waals surface area (Å²) in [5.74, 6) is 0.840. The first-order valence-corrected chi connectivity index (χ1v) is 8.68. The molecule has 19 heavy (non-hydrogen) atoms. The van der Waals surface area contributed by atoms with Crippen molar-refractivity contribution in [3.63, 3.8) is 0 Å². The number of methoxy groups -OCH3 is 1. The molecule has 0 aliphatic heterocycles. The van der Waals surface area contributed by atoms with Crippen molar-refractivity contribution in [1.82, 2.24) is 0 Å². The number of thiophene rings is 2. The molecule has 5 heteroatoms. The van der Waals surface area contributed by atoms with Gasteiger partial charge in [-0.25, -0.2) is 0 Å². The Morgan fingerprint density at radius 3 is 2.16 bits per heavy atom. The molecule has 2 heterocycles. The lowest BCUT2D eigenvalue weighted by molar-refractivity contribution is 0.417. The molecule has 0 aliphatic rings. The first-order valence-electron chi connectivity index (χ1n) is 6.19. The summed E-state index contributed by atoms with van der Waals surface area (Å²) in [6.45, 7) is 8.30. The molecule has 0 fully saturated rings. The molecule has 2 nitrogen and oxygen atoms in total. The van der Waals surface area contributed by atoms with Gasteiger partial charge in [-0.2, -0.15) is 0 Å². The highest BCUT2D eigenvalue weighted by atomic mass is 79.9. The largest absolute Gasteiger partial charge is 0.496 e. The molecule has 0 aromatic carbocycles. The van der Waals surface area contributed by atoms with E-state index in [1.165, 1.54) is 25.6 Å². The summed E-state index contributed by atoms with van der Waals surface area (Å²) in [4.78, 5) is 1.46. The van der Waals surface area contributed by atoms with Gasteiger partial charge in [0.1, 0.15) is 5.75 Å². The van der Waals surface area contributed by atoms with Gasteiger partial charge in [0.05, 0.1) is 15.9 Å². The average molecular weight is 364 g/mol. The van der Waals surface area contributed by atoms with Crippen molar-refractivity contribution in [3.05, 3.63) is 31.7 Å². The highest BCUT2D eigenvalue weighted by Gasteiger charge is 1.98. The Bertz CT molecular complexity index is 446. The third-order valence-electron chi connectivity index (χ3n) is 2.09. The maximum atomic E-state index is 5.39. The van der Waals surface area contributed by atoms with Gasteiger partial charge in [-0.05, 0) is 40.9 Å². The minimum atomic E-state index is 0.793. The van der Waals surface area contributed by atoms with Crippen LogP contribution in [0.2, 0.25) is 0 Å². The number of rotatable bonds is 2. The van der Waals surface area contributed by atoms with Crippen molar-refractivity contribution < 1.29 is 4.74 Å². The van der Waals surface area contributed by atoms with E-state index >= 15 is 0 Å². The summed E-state index contributed by atoms with van der Waals surface area (Å²) < 4.78 is 6.14. The van der Waals surface area contributed by atoms with E-state index in [0.29, 0.717) is 0 Å². The zero-order valence-electron chi connectivity index (χ0n) is 12.1. The van der Waals surface area contributed by atoms with Crippen LogP contribution in [0.25, 0.3) is 0 Å². The van der Waals surface area contributed by atoms with Crippen LogP contribution in [-0.2, 0) is 6.42 Å². The quantitative estimate of drug-likeness (QED) is 0.737. The topological polar surface area (TPSA) is 35.2 Å². The van der Waals surface area contributed by atoms with Crippen LogP contribution in [0.1, 0.15) is 31.2 Å². The Morgan fingerprint density at radius 1 is 1.32 bits per heavy atom. The van der Waals surface area contributed by atoms with Crippen molar-refractivity contribution in [1.29, 1.82) is 0 Å². The maximum Gasteiger partial charge on any atom is 0.131 e. The molecular formula is C14H22BrNOS2. The van der Waals surface area contributed by atoms with Crippen LogP contribution in [0.3, 0.4) is 0 Å². The Kier molecular flexibility index (Phi) is 10.0. The Labute approximate surface area is 132 Å². The second-order valence-electron chi connectivity index (χ2n) is 3.41. The fourth-order valence-corrected chi connectivity index (χ4v) is 3.31. The molecule has 2 aromatic rings. The van der Waals surface area contributed by atoms with Crippen LogP contribution < -0.4 is 10.5 Å². The smallest absolute Gasteiger partial charge is 0.131 e. The molecule has 0 bridgehead atoms. The van der Waals surface area contributed by atoms with E-state index in [1.807, 2.05) is 30.6 Å². The van der Waals surface area contributed by atoms with Gasteiger partial charge in [-0.3, -0.25) is 0 Å². The Hall–Kier alpha value is -0.520. The molecule has 2 rings (SSSR count). The van der Waals surface area contributed by atoms with E-state index in [9.17, 15) is 0 Å². The van der Waals surface area contributed by atoms with Gasteiger partial charge >= 0.3 is 0 Å². The highest BCUT2D eigenvalue weighted by Crippen LogP contribution is 2.27. The van der Waals surface area contributed by atoms with Crippen LogP contribution in [0.5, 0.6) is 5.75 Å². The molecule has 0 spiro atoms. The second kappa shape index (κ2) is 10.3. The predicted octanol–water partition coefficient (Wildman–Crippen LogP) is 5.75. The van der Waals surface area contributed by atoms with E-state index in [1.54, 1.807) is 13.2 Å². The van der Waals surface area contributed by atoms with Gasteiger partial charge in [0.2, 0.25) is 0 Å². The lowest BCUT2D eigenvalue weighted by atomic mass is 10.3. The van der Waals surface area contributed by atoms with Gasteiger partial charge < -0.3 is 10.5 Å². The Morgan fingerprint density at radius 2 is 1.95 bits per heavy atom. The fourth-order valence-electron chi connectivity index (χ4n) is 1.14. The SMILES string of the molecule is CC.CCc1cc(C)c(Br)s1.COc1csc(N)c1. The van der Waals surface area contributed by atoms with Crippen LogP contribution >= 0.6 is 38.6 Å². The number of hydrogen-bond acceptors (Lipinski definition) is 4. The van der Waals surface area contributed by atoms with Crippen molar-refractivity contribution >= 4 is 43.6 Å².